The molecule has 0 heterocycles. The first-order valence-electron chi connectivity index (χ1n) is 9.38. The van der Waals surface area contributed by atoms with Gasteiger partial charge in [-0.3, -0.25) is 9.59 Å². The first kappa shape index (κ1) is 22.6. The van der Waals surface area contributed by atoms with Gasteiger partial charge in [0.05, 0.1) is 23.5 Å². The number of amides is 1. The average Bonchev–Trinajstić information content (AvgIpc) is 2.67. The number of hydrogen-bond acceptors (Lipinski definition) is 5. The summed E-state index contributed by atoms with van der Waals surface area (Å²) in [6, 6.07) is 14.2. The van der Waals surface area contributed by atoms with Crippen molar-refractivity contribution in [3.05, 3.63) is 65.7 Å². The lowest BCUT2D eigenvalue weighted by Crippen LogP contribution is -2.31. The second kappa shape index (κ2) is 10.2. The number of hydrogen-bond donors (Lipinski definition) is 2. The van der Waals surface area contributed by atoms with Crippen molar-refractivity contribution < 1.29 is 22.7 Å². The van der Waals surface area contributed by atoms with Crippen LogP contribution in [0.5, 0.6) is 0 Å². The number of carbonyl (C=O) groups is 2. The quantitative estimate of drug-likeness (QED) is 0.610. The zero-order chi connectivity index (χ0) is 21.4. The van der Waals surface area contributed by atoms with Crippen molar-refractivity contribution in [2.75, 3.05) is 6.54 Å². The van der Waals surface area contributed by atoms with Crippen LogP contribution in [-0.2, 0) is 19.6 Å². The first-order valence-corrected chi connectivity index (χ1v) is 10.9. The Morgan fingerprint density at radius 1 is 1.00 bits per heavy atom. The Balaban J connectivity index is 2.18. The predicted molar refractivity (Wildman–Crippen MR) is 110 cm³/mol. The number of nitrogens with one attached hydrogen (secondary N) is 2. The van der Waals surface area contributed by atoms with Crippen LogP contribution in [0.3, 0.4) is 0 Å². The van der Waals surface area contributed by atoms with Gasteiger partial charge in [0.25, 0.3) is 5.91 Å². The third-order valence-corrected chi connectivity index (χ3v) is 5.57. The fourth-order valence-corrected chi connectivity index (χ4v) is 3.76. The van der Waals surface area contributed by atoms with Gasteiger partial charge in [0.15, 0.2) is 0 Å². The molecule has 8 heteroatoms. The van der Waals surface area contributed by atoms with E-state index in [1.165, 1.54) is 24.3 Å². The Hall–Kier alpha value is -2.71. The number of esters is 1. The fourth-order valence-electron chi connectivity index (χ4n) is 2.72. The summed E-state index contributed by atoms with van der Waals surface area (Å²) in [7, 11) is -3.59. The van der Waals surface area contributed by atoms with Crippen molar-refractivity contribution in [3.8, 4) is 0 Å². The van der Waals surface area contributed by atoms with Gasteiger partial charge in [0.2, 0.25) is 10.0 Å². The van der Waals surface area contributed by atoms with E-state index in [-0.39, 0.29) is 24.0 Å². The van der Waals surface area contributed by atoms with Gasteiger partial charge in [0, 0.05) is 12.1 Å². The fraction of sp³-hybridized carbons (Fsp3) is 0.333. The van der Waals surface area contributed by atoms with Gasteiger partial charge < -0.3 is 10.1 Å². The summed E-state index contributed by atoms with van der Waals surface area (Å²) < 4.78 is 31.6. The maximum atomic E-state index is 12.7. The monoisotopic (exact) mass is 418 g/mol. The molecule has 0 spiro atoms. The number of sulfonamides is 1. The van der Waals surface area contributed by atoms with Crippen molar-refractivity contribution in [1.82, 2.24) is 10.0 Å². The largest absolute Gasteiger partial charge is 0.463 e. The third kappa shape index (κ3) is 6.69. The molecular weight excluding hydrogens is 392 g/mol. The molecule has 0 radical (unpaired) electrons. The molecule has 1 amide bonds. The third-order valence-electron chi connectivity index (χ3n) is 4.01. The molecule has 0 fully saturated rings. The zero-order valence-corrected chi connectivity index (χ0v) is 17.5. The number of carbonyl (C=O) groups excluding carboxylic acids is 2. The lowest BCUT2D eigenvalue weighted by Gasteiger charge is -2.19. The van der Waals surface area contributed by atoms with Crippen LogP contribution >= 0.6 is 0 Å². The highest BCUT2D eigenvalue weighted by Gasteiger charge is 2.21. The van der Waals surface area contributed by atoms with Gasteiger partial charge in [0.1, 0.15) is 0 Å². The Kier molecular flexibility index (Phi) is 7.92. The minimum absolute atomic E-state index is 0.0131. The molecule has 0 aliphatic carbocycles. The molecule has 0 aromatic heterocycles. The lowest BCUT2D eigenvalue weighted by atomic mass is 10.0. The molecule has 2 aromatic rings. The molecule has 2 aromatic carbocycles. The maximum absolute atomic E-state index is 12.7. The van der Waals surface area contributed by atoms with Gasteiger partial charge in [-0.15, -0.1) is 0 Å². The molecule has 0 saturated carbocycles. The van der Waals surface area contributed by atoms with Crippen LogP contribution in [-0.4, -0.2) is 32.9 Å². The minimum atomic E-state index is -3.59. The molecule has 1 atom stereocenters. The molecular formula is C21H26N2O5S. The molecule has 156 valence electrons. The standard InChI is InChI=1S/C21H26N2O5S/c1-4-22-29(26,27)18-12-10-17(11-13-18)21(25)23-19(14-20(24)28-15(2)3)16-8-6-5-7-9-16/h5-13,15,19,22H,4,14H2,1-3H3,(H,23,25). The summed E-state index contributed by atoms with van der Waals surface area (Å²) in [4.78, 5) is 24.9. The van der Waals surface area contributed by atoms with Crippen LogP contribution in [0.2, 0.25) is 0 Å². The van der Waals surface area contributed by atoms with Crippen LogP contribution in [0, 0.1) is 0 Å². The van der Waals surface area contributed by atoms with Crippen molar-refractivity contribution in [3.63, 3.8) is 0 Å². The Morgan fingerprint density at radius 2 is 1.62 bits per heavy atom. The van der Waals surface area contributed by atoms with Crippen molar-refractivity contribution in [1.29, 1.82) is 0 Å². The van der Waals surface area contributed by atoms with Crippen molar-refractivity contribution in [2.24, 2.45) is 0 Å². The Morgan fingerprint density at radius 3 is 2.17 bits per heavy atom. The van der Waals surface area contributed by atoms with E-state index in [0.29, 0.717) is 5.56 Å². The summed E-state index contributed by atoms with van der Waals surface area (Å²) in [5.74, 6) is -0.829. The molecule has 2 N–H and O–H groups in total. The maximum Gasteiger partial charge on any atom is 0.308 e. The Labute approximate surface area is 171 Å². The van der Waals surface area contributed by atoms with E-state index in [0.717, 1.165) is 5.56 Å². The number of rotatable bonds is 9. The van der Waals surface area contributed by atoms with Crippen LogP contribution in [0.1, 0.15) is 49.2 Å². The minimum Gasteiger partial charge on any atom is -0.463 e. The Bertz CT molecular complexity index is 925. The second-order valence-corrected chi connectivity index (χ2v) is 8.47. The van der Waals surface area contributed by atoms with E-state index in [4.69, 9.17) is 4.74 Å². The molecule has 0 aliphatic rings. The molecule has 1 unspecified atom stereocenters. The first-order chi connectivity index (χ1) is 13.7. The summed E-state index contributed by atoms with van der Waals surface area (Å²) >= 11 is 0. The molecule has 2 rings (SSSR count). The highest BCUT2D eigenvalue weighted by molar-refractivity contribution is 7.89. The van der Waals surface area contributed by atoms with E-state index in [1.54, 1.807) is 20.8 Å². The second-order valence-electron chi connectivity index (χ2n) is 6.71. The predicted octanol–water partition coefficient (Wildman–Crippen LogP) is 2.80. The molecule has 0 bridgehead atoms. The number of ether oxygens (including phenoxy) is 1. The topological polar surface area (TPSA) is 102 Å². The van der Waals surface area contributed by atoms with E-state index in [2.05, 4.69) is 10.0 Å². The van der Waals surface area contributed by atoms with E-state index in [1.807, 2.05) is 30.3 Å². The highest BCUT2D eigenvalue weighted by Crippen LogP contribution is 2.19. The van der Waals surface area contributed by atoms with Crippen molar-refractivity contribution >= 4 is 21.9 Å². The van der Waals surface area contributed by atoms with E-state index < -0.39 is 27.9 Å². The molecule has 0 saturated heterocycles. The summed E-state index contributed by atoms with van der Waals surface area (Å²) in [5.41, 5.74) is 1.06. The van der Waals surface area contributed by atoms with Gasteiger partial charge in [-0.05, 0) is 43.7 Å². The van der Waals surface area contributed by atoms with E-state index in [9.17, 15) is 18.0 Å². The summed E-state index contributed by atoms with van der Waals surface area (Å²) in [5, 5.41) is 2.83. The van der Waals surface area contributed by atoms with Crippen LogP contribution in [0.25, 0.3) is 0 Å². The normalized spacial score (nSPS) is 12.4. The van der Waals surface area contributed by atoms with Gasteiger partial charge in [-0.1, -0.05) is 37.3 Å². The number of benzene rings is 2. The lowest BCUT2D eigenvalue weighted by molar-refractivity contribution is -0.147. The van der Waals surface area contributed by atoms with E-state index >= 15 is 0 Å². The van der Waals surface area contributed by atoms with Crippen LogP contribution in [0.4, 0.5) is 0 Å². The van der Waals surface area contributed by atoms with Crippen LogP contribution < -0.4 is 10.0 Å². The zero-order valence-electron chi connectivity index (χ0n) is 16.7. The molecule has 7 nitrogen and oxygen atoms in total. The molecule has 0 aliphatic heterocycles. The average molecular weight is 419 g/mol. The summed E-state index contributed by atoms with van der Waals surface area (Å²) in [6.07, 6.45) is -0.262. The smallest absolute Gasteiger partial charge is 0.308 e. The van der Waals surface area contributed by atoms with Crippen molar-refractivity contribution in [2.45, 2.75) is 44.2 Å². The van der Waals surface area contributed by atoms with Gasteiger partial charge in [-0.2, -0.15) is 0 Å². The van der Waals surface area contributed by atoms with Gasteiger partial charge >= 0.3 is 5.97 Å². The SMILES string of the molecule is CCNS(=O)(=O)c1ccc(C(=O)NC(CC(=O)OC(C)C)c2ccccc2)cc1. The van der Waals surface area contributed by atoms with Crippen LogP contribution in [0.15, 0.2) is 59.5 Å². The van der Waals surface area contributed by atoms with Gasteiger partial charge in [-0.25, -0.2) is 13.1 Å². The molecule has 29 heavy (non-hydrogen) atoms. The summed E-state index contributed by atoms with van der Waals surface area (Å²) in [6.45, 7) is 5.48. The highest BCUT2D eigenvalue weighted by atomic mass is 32.2.